The highest BCUT2D eigenvalue weighted by molar-refractivity contribution is 5.87. The second-order valence-electron chi connectivity index (χ2n) is 12.7. The molecule has 1 fully saturated rings. The van der Waals surface area contributed by atoms with E-state index in [-0.39, 0.29) is 6.61 Å². The molecule has 0 aromatic heterocycles. The van der Waals surface area contributed by atoms with Gasteiger partial charge in [-0.3, -0.25) is 0 Å². The molecule has 6 heteroatoms. The highest BCUT2D eigenvalue weighted by Crippen LogP contribution is 2.32. The molecule has 1 saturated heterocycles. The van der Waals surface area contributed by atoms with Gasteiger partial charge in [0.05, 0.1) is 13.2 Å². The van der Waals surface area contributed by atoms with Gasteiger partial charge in [-0.25, -0.2) is 4.79 Å². The van der Waals surface area contributed by atoms with Crippen LogP contribution in [0.4, 0.5) is 0 Å². The molecular formula is C35H54O6. The zero-order valence-electron chi connectivity index (χ0n) is 25.9. The van der Waals surface area contributed by atoms with Gasteiger partial charge in [0.1, 0.15) is 12.2 Å². The number of hydrogen-bond acceptors (Lipinski definition) is 6. The summed E-state index contributed by atoms with van der Waals surface area (Å²) in [6.45, 7) is 16.6. The summed E-state index contributed by atoms with van der Waals surface area (Å²) in [6.07, 6.45) is 13.9. The van der Waals surface area contributed by atoms with Gasteiger partial charge in [0.2, 0.25) is 0 Å². The minimum atomic E-state index is -1.28. The van der Waals surface area contributed by atoms with Crippen LogP contribution in [0.25, 0.3) is 0 Å². The molecule has 2 N–H and O–H groups in total. The molecule has 3 aliphatic rings. The Morgan fingerprint density at radius 1 is 1.02 bits per heavy atom. The summed E-state index contributed by atoms with van der Waals surface area (Å²) in [4.78, 5) is 12.6. The van der Waals surface area contributed by atoms with Crippen molar-refractivity contribution in [2.24, 2.45) is 17.8 Å². The Kier molecular flexibility index (Phi) is 13.6. The molecule has 7 unspecified atom stereocenters. The predicted molar refractivity (Wildman–Crippen MR) is 164 cm³/mol. The lowest BCUT2D eigenvalue weighted by molar-refractivity contribution is -0.275. The fourth-order valence-electron chi connectivity index (χ4n) is 5.95. The number of carbonyl (C=O) groups excluding carboxylic acids is 1. The van der Waals surface area contributed by atoms with E-state index in [2.05, 4.69) is 46.1 Å². The van der Waals surface area contributed by atoms with Crippen molar-refractivity contribution in [3.05, 3.63) is 59.3 Å². The molecule has 1 aliphatic heterocycles. The molecule has 41 heavy (non-hydrogen) atoms. The van der Waals surface area contributed by atoms with E-state index in [0.29, 0.717) is 29.9 Å². The lowest BCUT2D eigenvalue weighted by Gasteiger charge is -2.37. The topological polar surface area (TPSA) is 85.2 Å². The Balaban J connectivity index is 1.33. The van der Waals surface area contributed by atoms with Gasteiger partial charge in [-0.1, -0.05) is 60.6 Å². The van der Waals surface area contributed by atoms with Gasteiger partial charge in [-0.05, 0) is 109 Å². The van der Waals surface area contributed by atoms with Gasteiger partial charge in [0.25, 0.3) is 0 Å². The molecule has 0 radical (unpaired) electrons. The van der Waals surface area contributed by atoms with Crippen molar-refractivity contribution in [1.29, 1.82) is 0 Å². The molecule has 0 amide bonds. The van der Waals surface area contributed by atoms with Crippen LogP contribution in [-0.2, 0) is 19.0 Å². The van der Waals surface area contributed by atoms with Crippen LogP contribution in [0.1, 0.15) is 98.3 Å². The Hall–Kier alpha value is -1.99. The number of ether oxygens (including phenoxy) is 3. The number of aliphatic hydroxyl groups is 2. The summed E-state index contributed by atoms with van der Waals surface area (Å²) in [5.41, 5.74) is 6.01. The van der Waals surface area contributed by atoms with Crippen LogP contribution in [0, 0.1) is 17.8 Å². The third-order valence-electron chi connectivity index (χ3n) is 9.07. The van der Waals surface area contributed by atoms with Gasteiger partial charge in [0, 0.05) is 5.57 Å². The first-order chi connectivity index (χ1) is 19.5. The molecule has 1 heterocycles. The molecule has 7 atom stereocenters. The predicted octanol–water partition coefficient (Wildman–Crippen LogP) is 7.13. The molecule has 3 rings (SSSR count). The van der Waals surface area contributed by atoms with Crippen molar-refractivity contribution in [3.63, 3.8) is 0 Å². The zero-order chi connectivity index (χ0) is 29.9. The standard InChI is InChI=1S/C35H54O6/c1-23(2)29-17-13-27(14-18-29)11-7-9-25(5)21-39-35-33(37)32(36)31(22-40-35)41-34(38)26(6)10-8-12-28-15-19-30(20-16-28)24(3)4/h10,13,15,25,29-33,35-37H,1,3,7-9,11-12,14,16-22H2,2,4-6H3. The van der Waals surface area contributed by atoms with Crippen molar-refractivity contribution in [2.75, 3.05) is 13.2 Å². The monoisotopic (exact) mass is 570 g/mol. The van der Waals surface area contributed by atoms with Crippen LogP contribution in [0.15, 0.2) is 59.3 Å². The fourth-order valence-corrected chi connectivity index (χ4v) is 5.95. The first-order valence-corrected chi connectivity index (χ1v) is 15.7. The number of carbonyl (C=O) groups is 1. The normalized spacial score (nSPS) is 29.8. The van der Waals surface area contributed by atoms with Crippen molar-refractivity contribution in [1.82, 2.24) is 0 Å². The van der Waals surface area contributed by atoms with Gasteiger partial charge >= 0.3 is 5.97 Å². The maximum atomic E-state index is 12.6. The van der Waals surface area contributed by atoms with Crippen LogP contribution in [0.3, 0.4) is 0 Å². The van der Waals surface area contributed by atoms with Crippen LogP contribution in [0.2, 0.25) is 0 Å². The van der Waals surface area contributed by atoms with E-state index in [0.717, 1.165) is 64.2 Å². The molecule has 6 nitrogen and oxygen atoms in total. The smallest absolute Gasteiger partial charge is 0.333 e. The lowest BCUT2D eigenvalue weighted by atomic mass is 9.84. The molecule has 2 aliphatic carbocycles. The number of esters is 1. The summed E-state index contributed by atoms with van der Waals surface area (Å²) in [5, 5.41) is 21.2. The molecule has 0 aromatic rings. The van der Waals surface area contributed by atoms with E-state index in [9.17, 15) is 15.0 Å². The quantitative estimate of drug-likeness (QED) is 0.131. The second kappa shape index (κ2) is 16.6. The van der Waals surface area contributed by atoms with Crippen LogP contribution in [0.5, 0.6) is 0 Å². The minimum absolute atomic E-state index is 0.0214. The molecular weight excluding hydrogens is 516 g/mol. The first-order valence-electron chi connectivity index (χ1n) is 15.7. The second-order valence-corrected chi connectivity index (χ2v) is 12.7. The van der Waals surface area contributed by atoms with Crippen molar-refractivity contribution in [3.8, 4) is 0 Å². The van der Waals surface area contributed by atoms with Crippen molar-refractivity contribution < 1.29 is 29.2 Å². The van der Waals surface area contributed by atoms with Gasteiger partial charge in [-0.2, -0.15) is 0 Å². The number of aliphatic hydroxyl groups excluding tert-OH is 2. The SMILES string of the molecule is C=C(C)C1CC=C(CCC=C(C)C(=O)OC2COC(OCC(C)CCCC3=CCC(C(=C)C)CC3)C(O)C2O)CC1. The molecule has 0 bridgehead atoms. The summed E-state index contributed by atoms with van der Waals surface area (Å²) in [6, 6.07) is 0. The Morgan fingerprint density at radius 2 is 1.63 bits per heavy atom. The maximum absolute atomic E-state index is 12.6. The fraction of sp³-hybridized carbons (Fsp3) is 0.686. The average molecular weight is 571 g/mol. The van der Waals surface area contributed by atoms with E-state index in [4.69, 9.17) is 14.2 Å². The van der Waals surface area contributed by atoms with Crippen molar-refractivity contribution >= 4 is 5.97 Å². The third kappa shape index (κ3) is 10.7. The largest absolute Gasteiger partial charge is 0.454 e. The first kappa shape index (κ1) is 33.5. The third-order valence-corrected chi connectivity index (χ3v) is 9.07. The lowest BCUT2D eigenvalue weighted by Crippen LogP contribution is -2.55. The van der Waals surface area contributed by atoms with Gasteiger partial charge in [-0.15, -0.1) is 0 Å². The molecule has 0 saturated carbocycles. The van der Waals surface area contributed by atoms with E-state index in [1.165, 1.54) is 23.1 Å². The van der Waals surface area contributed by atoms with E-state index >= 15 is 0 Å². The van der Waals surface area contributed by atoms with Gasteiger partial charge < -0.3 is 24.4 Å². The number of hydrogen-bond donors (Lipinski definition) is 2. The summed E-state index contributed by atoms with van der Waals surface area (Å²) < 4.78 is 17.0. The maximum Gasteiger partial charge on any atom is 0.333 e. The number of allylic oxidation sites excluding steroid dienone is 7. The Bertz CT molecular complexity index is 991. The average Bonchev–Trinajstić information content (AvgIpc) is 2.95. The van der Waals surface area contributed by atoms with E-state index in [1.807, 2.05) is 6.08 Å². The zero-order valence-corrected chi connectivity index (χ0v) is 25.9. The van der Waals surface area contributed by atoms with Crippen LogP contribution < -0.4 is 0 Å². The summed E-state index contributed by atoms with van der Waals surface area (Å²) in [5.74, 6) is 1.03. The minimum Gasteiger partial charge on any atom is -0.454 e. The highest BCUT2D eigenvalue weighted by Gasteiger charge is 2.41. The Morgan fingerprint density at radius 3 is 2.20 bits per heavy atom. The summed E-state index contributed by atoms with van der Waals surface area (Å²) in [7, 11) is 0. The number of rotatable bonds is 14. The molecule has 230 valence electrons. The molecule has 0 aromatic carbocycles. The Labute approximate surface area is 248 Å². The molecule has 0 spiro atoms. The van der Waals surface area contributed by atoms with E-state index in [1.54, 1.807) is 12.5 Å². The highest BCUT2D eigenvalue weighted by atomic mass is 16.7. The van der Waals surface area contributed by atoms with Crippen molar-refractivity contribution in [2.45, 2.75) is 123 Å². The summed E-state index contributed by atoms with van der Waals surface area (Å²) >= 11 is 0. The van der Waals surface area contributed by atoms with Crippen LogP contribution >= 0.6 is 0 Å². The van der Waals surface area contributed by atoms with Crippen LogP contribution in [-0.4, -0.2) is 54.0 Å². The van der Waals surface area contributed by atoms with E-state index < -0.39 is 30.6 Å². The van der Waals surface area contributed by atoms with Gasteiger partial charge in [0.15, 0.2) is 12.4 Å².